The fourth-order valence-electron chi connectivity index (χ4n) is 9.54. The Morgan fingerprint density at radius 1 is 1.06 bits per heavy atom. The molecule has 6 heteroatoms. The second-order valence-electron chi connectivity index (χ2n) is 12.3. The molecule has 0 bridgehead atoms. The molecule has 0 aromatic carbocycles. The third kappa shape index (κ3) is 4.12. The second-order valence-corrected chi connectivity index (χ2v) is 12.6. The lowest BCUT2D eigenvalue weighted by Crippen LogP contribution is -2.60. The zero-order chi connectivity index (χ0) is 23.2. The first-order valence-corrected chi connectivity index (χ1v) is 14.2. The lowest BCUT2D eigenvalue weighted by Gasteiger charge is -2.62. The molecule has 0 spiro atoms. The number of fused-ring (bicyclic) bond motifs is 5. The molecule has 5 aliphatic rings. The molecule has 33 heavy (non-hydrogen) atoms. The Hall–Kier alpha value is -0.200. The van der Waals surface area contributed by atoms with Crippen molar-refractivity contribution in [1.29, 1.82) is 0 Å². The van der Waals surface area contributed by atoms with Crippen LogP contribution in [0.3, 0.4) is 0 Å². The van der Waals surface area contributed by atoms with E-state index in [2.05, 4.69) is 18.7 Å². The summed E-state index contributed by atoms with van der Waals surface area (Å²) >= 11 is 6.38. The molecule has 0 amide bonds. The van der Waals surface area contributed by atoms with Gasteiger partial charge in [0.1, 0.15) is 0 Å². The summed E-state index contributed by atoms with van der Waals surface area (Å²) in [4.78, 5) is 7.25. The van der Waals surface area contributed by atoms with Crippen molar-refractivity contribution in [3.05, 3.63) is 0 Å². The number of halogens is 1. The first-order chi connectivity index (χ1) is 15.9. The van der Waals surface area contributed by atoms with E-state index in [4.69, 9.17) is 21.3 Å². The van der Waals surface area contributed by atoms with Gasteiger partial charge in [0.15, 0.2) is 0 Å². The summed E-state index contributed by atoms with van der Waals surface area (Å²) in [5.74, 6) is 3.97. The molecule has 5 nitrogen and oxygen atoms in total. The summed E-state index contributed by atoms with van der Waals surface area (Å²) in [6, 6.07) is 0.298. The number of ether oxygens (including phenoxy) is 1. The number of alkyl halides is 1. The molecule has 0 unspecified atom stereocenters. The summed E-state index contributed by atoms with van der Waals surface area (Å²) in [5.41, 5.74) is 1.78. The average molecular weight is 481 g/mol. The lowest BCUT2D eigenvalue weighted by molar-refractivity contribution is -0.152. The molecule has 1 saturated heterocycles. The van der Waals surface area contributed by atoms with Crippen molar-refractivity contribution in [3.63, 3.8) is 0 Å². The monoisotopic (exact) mass is 480 g/mol. The van der Waals surface area contributed by atoms with Crippen molar-refractivity contribution in [1.82, 2.24) is 4.90 Å². The van der Waals surface area contributed by atoms with Crippen molar-refractivity contribution in [3.8, 4) is 0 Å². The summed E-state index contributed by atoms with van der Waals surface area (Å²) in [6.07, 6.45) is 9.64. The maximum atomic E-state index is 11.1. The first-order valence-electron chi connectivity index (χ1n) is 13.6. The summed E-state index contributed by atoms with van der Waals surface area (Å²) in [7, 11) is 0. The van der Waals surface area contributed by atoms with E-state index in [-0.39, 0.29) is 12.7 Å². The Labute approximate surface area is 205 Å². The maximum absolute atomic E-state index is 11.1. The van der Waals surface area contributed by atoms with Gasteiger partial charge in [-0.2, -0.15) is 0 Å². The fraction of sp³-hybridized carbons (Fsp3) is 0.963. The van der Waals surface area contributed by atoms with E-state index in [0.717, 1.165) is 62.6 Å². The van der Waals surface area contributed by atoms with Crippen molar-refractivity contribution < 1.29 is 14.9 Å². The molecular formula is C27H45ClN2O3. The van der Waals surface area contributed by atoms with E-state index < -0.39 is 0 Å². The zero-order valence-electron chi connectivity index (χ0n) is 20.7. The van der Waals surface area contributed by atoms with Gasteiger partial charge in [0.2, 0.25) is 0 Å². The predicted octanol–water partition coefficient (Wildman–Crippen LogP) is 3.99. The predicted molar refractivity (Wildman–Crippen MR) is 133 cm³/mol. The van der Waals surface area contributed by atoms with Gasteiger partial charge in [-0.3, -0.25) is 9.89 Å². The lowest BCUT2D eigenvalue weighted by atomic mass is 9.44. The smallest absolute Gasteiger partial charge is 0.0698 e. The number of hydrogen-bond donors (Lipinski definition) is 2. The van der Waals surface area contributed by atoms with Crippen LogP contribution in [0.5, 0.6) is 0 Å². The minimum Gasteiger partial charge on any atom is -0.394 e. The number of aliphatic hydroxyl groups is 2. The average Bonchev–Trinajstić information content (AvgIpc) is 3.17. The van der Waals surface area contributed by atoms with Crippen LogP contribution >= 0.6 is 11.6 Å². The van der Waals surface area contributed by atoms with E-state index in [0.29, 0.717) is 41.1 Å². The van der Waals surface area contributed by atoms with Gasteiger partial charge in [0.05, 0.1) is 38.3 Å². The Balaban J connectivity index is 1.37. The van der Waals surface area contributed by atoms with E-state index in [9.17, 15) is 10.2 Å². The molecule has 9 atom stereocenters. The summed E-state index contributed by atoms with van der Waals surface area (Å²) in [6.45, 7) is 9.25. The maximum Gasteiger partial charge on any atom is 0.0698 e. The Kier molecular flexibility index (Phi) is 7.19. The van der Waals surface area contributed by atoms with Gasteiger partial charge in [0, 0.05) is 30.8 Å². The fourth-order valence-corrected chi connectivity index (χ4v) is 9.81. The van der Waals surface area contributed by atoms with Crippen LogP contribution in [0.1, 0.15) is 65.2 Å². The molecular weight excluding hydrogens is 436 g/mol. The minimum atomic E-state index is -0.184. The van der Waals surface area contributed by atoms with Crippen LogP contribution < -0.4 is 0 Å². The Morgan fingerprint density at radius 3 is 2.55 bits per heavy atom. The highest BCUT2D eigenvalue weighted by atomic mass is 35.5. The van der Waals surface area contributed by atoms with Gasteiger partial charge in [0.25, 0.3) is 0 Å². The van der Waals surface area contributed by atoms with E-state index in [1.165, 1.54) is 38.5 Å². The van der Waals surface area contributed by atoms with Crippen LogP contribution in [-0.4, -0.2) is 78.3 Å². The third-order valence-electron chi connectivity index (χ3n) is 11.2. The SMILES string of the molecule is C[C@]12C[C@H](N3CCOCC3)[C@@H](O)C[C@@H]1CC[C@@H]1[C@@H]2CC[C@]2(C)[C@@H](C(CCl)=NCCO)CC[C@@H]12. The molecule has 0 radical (unpaired) electrons. The van der Waals surface area contributed by atoms with Gasteiger partial charge in [-0.1, -0.05) is 13.8 Å². The number of aliphatic imine (C=N–C) groups is 1. The standard InChI is InChI=1S/C27H45ClN2O3/c1-26-8-7-21-19(20(26)5-6-22(26)23(17-28)29-9-12-31)4-3-18-15-25(32)24(16-27(18,21)2)30-10-13-33-14-11-30/h18-22,24-25,31-32H,3-17H2,1-2H3/t18-,19-,20-,21-,22+,24-,25-,26-,27-/m0/s1. The van der Waals surface area contributed by atoms with Gasteiger partial charge in [-0.15, -0.1) is 11.6 Å². The minimum absolute atomic E-state index is 0.105. The number of hydrogen-bond acceptors (Lipinski definition) is 5. The molecule has 5 fully saturated rings. The van der Waals surface area contributed by atoms with E-state index in [1.54, 1.807) is 0 Å². The van der Waals surface area contributed by atoms with Crippen molar-refractivity contribution >= 4 is 17.3 Å². The van der Waals surface area contributed by atoms with Crippen molar-refractivity contribution in [2.75, 3.05) is 45.3 Å². The second kappa shape index (κ2) is 9.69. The van der Waals surface area contributed by atoms with E-state index in [1.807, 2.05) is 0 Å². The largest absolute Gasteiger partial charge is 0.394 e. The molecule has 0 aromatic heterocycles. The first kappa shape index (κ1) is 24.5. The highest BCUT2D eigenvalue weighted by molar-refractivity contribution is 6.29. The molecule has 2 N–H and O–H groups in total. The molecule has 0 aromatic rings. The van der Waals surface area contributed by atoms with Crippen LogP contribution in [0.4, 0.5) is 0 Å². The highest BCUT2D eigenvalue weighted by Crippen LogP contribution is 2.67. The van der Waals surface area contributed by atoms with Crippen molar-refractivity contribution in [2.45, 2.75) is 77.4 Å². The Bertz CT molecular complexity index is 728. The molecule has 1 aliphatic heterocycles. The van der Waals surface area contributed by atoms with Crippen LogP contribution in [0.2, 0.25) is 0 Å². The van der Waals surface area contributed by atoms with Crippen LogP contribution in [0.25, 0.3) is 0 Å². The molecule has 4 aliphatic carbocycles. The summed E-state index contributed by atoms with van der Waals surface area (Å²) in [5, 5.41) is 20.4. The number of morpholine rings is 1. The molecule has 188 valence electrons. The molecule has 4 saturated carbocycles. The zero-order valence-corrected chi connectivity index (χ0v) is 21.5. The molecule has 5 rings (SSSR count). The van der Waals surface area contributed by atoms with Crippen LogP contribution in [0, 0.1) is 40.4 Å². The summed E-state index contributed by atoms with van der Waals surface area (Å²) < 4.78 is 5.61. The van der Waals surface area contributed by atoms with Crippen molar-refractivity contribution in [2.24, 2.45) is 45.4 Å². The van der Waals surface area contributed by atoms with Gasteiger partial charge in [-0.05, 0) is 85.9 Å². The number of nitrogens with zero attached hydrogens (tertiary/aromatic N) is 2. The van der Waals surface area contributed by atoms with E-state index >= 15 is 0 Å². The number of aliphatic hydroxyl groups excluding tert-OH is 2. The normalized spacial score (nSPS) is 48.8. The highest BCUT2D eigenvalue weighted by Gasteiger charge is 2.61. The van der Waals surface area contributed by atoms with Gasteiger partial charge >= 0.3 is 0 Å². The van der Waals surface area contributed by atoms with Gasteiger partial charge < -0.3 is 14.9 Å². The quantitative estimate of drug-likeness (QED) is 0.461. The van der Waals surface area contributed by atoms with Crippen LogP contribution in [-0.2, 0) is 4.74 Å². The topological polar surface area (TPSA) is 65.3 Å². The molecule has 1 heterocycles. The van der Waals surface area contributed by atoms with Crippen LogP contribution in [0.15, 0.2) is 4.99 Å². The number of rotatable bonds is 5. The Morgan fingerprint density at radius 2 is 1.82 bits per heavy atom. The van der Waals surface area contributed by atoms with Gasteiger partial charge in [-0.25, -0.2) is 0 Å². The third-order valence-corrected chi connectivity index (χ3v) is 11.4.